The van der Waals surface area contributed by atoms with Crippen molar-refractivity contribution in [1.29, 1.82) is 0 Å². The fourth-order valence-corrected chi connectivity index (χ4v) is 2.72. The second-order valence-corrected chi connectivity index (χ2v) is 5.09. The number of anilines is 3. The Kier molecular flexibility index (Phi) is 3.18. The van der Waals surface area contributed by atoms with Crippen LogP contribution >= 0.6 is 0 Å². The van der Waals surface area contributed by atoms with E-state index in [4.69, 9.17) is 11.5 Å². The molecular weight excluding hydrogens is 250 g/mol. The molecule has 0 saturated carbocycles. The minimum absolute atomic E-state index is 0.244. The highest BCUT2D eigenvalue weighted by atomic mass is 15.0. The number of aromatic nitrogens is 2. The van der Waals surface area contributed by atoms with Crippen LogP contribution in [0.25, 0.3) is 11.1 Å². The van der Waals surface area contributed by atoms with Gasteiger partial charge in [-0.05, 0) is 30.0 Å². The third kappa shape index (κ3) is 2.15. The van der Waals surface area contributed by atoms with Crippen LogP contribution in [0.3, 0.4) is 0 Å². The Morgan fingerprint density at radius 1 is 1.25 bits per heavy atom. The highest BCUT2D eigenvalue weighted by Gasteiger charge is 2.16. The summed E-state index contributed by atoms with van der Waals surface area (Å²) in [6.45, 7) is 3.11. The zero-order chi connectivity index (χ0) is 14.1. The van der Waals surface area contributed by atoms with Gasteiger partial charge in [0.15, 0.2) is 0 Å². The molecule has 0 fully saturated rings. The maximum absolute atomic E-state index is 6.08. The lowest BCUT2D eigenvalue weighted by molar-refractivity contribution is 0.880. The predicted molar refractivity (Wildman–Crippen MR) is 82.5 cm³/mol. The third-order valence-corrected chi connectivity index (χ3v) is 3.62. The number of nitrogen functional groups attached to an aromatic ring is 2. The van der Waals surface area contributed by atoms with Gasteiger partial charge in [0, 0.05) is 17.8 Å². The van der Waals surface area contributed by atoms with Crippen LogP contribution in [0.2, 0.25) is 0 Å². The van der Waals surface area contributed by atoms with Crippen LogP contribution in [-0.4, -0.2) is 16.5 Å². The molecule has 3 rings (SSSR count). The number of hydrogen-bond acceptors (Lipinski definition) is 5. The van der Waals surface area contributed by atoms with Crippen molar-refractivity contribution in [3.05, 3.63) is 29.5 Å². The second kappa shape index (κ2) is 5.00. The van der Waals surface area contributed by atoms with Gasteiger partial charge in [0.25, 0.3) is 0 Å². The lowest BCUT2D eigenvalue weighted by Gasteiger charge is -2.12. The van der Waals surface area contributed by atoms with E-state index in [1.54, 1.807) is 0 Å². The number of aryl methyl sites for hydroxylation is 1. The first kappa shape index (κ1) is 12.7. The molecule has 5 N–H and O–H groups in total. The monoisotopic (exact) mass is 269 g/mol. The lowest BCUT2D eigenvalue weighted by Crippen LogP contribution is -2.06. The summed E-state index contributed by atoms with van der Waals surface area (Å²) >= 11 is 0. The SMILES string of the molecule is CCCc1nc(N)nc(N)c1-c1ccc2c(c1)NCC2. The summed E-state index contributed by atoms with van der Waals surface area (Å²) in [6, 6.07) is 6.37. The van der Waals surface area contributed by atoms with Crippen LogP contribution < -0.4 is 16.8 Å². The Morgan fingerprint density at radius 2 is 2.10 bits per heavy atom. The van der Waals surface area contributed by atoms with Gasteiger partial charge in [0.2, 0.25) is 5.95 Å². The molecule has 0 bridgehead atoms. The molecule has 0 atom stereocenters. The van der Waals surface area contributed by atoms with Gasteiger partial charge in [0.05, 0.1) is 5.69 Å². The number of hydrogen-bond donors (Lipinski definition) is 3. The fraction of sp³-hybridized carbons (Fsp3) is 0.333. The lowest BCUT2D eigenvalue weighted by atomic mass is 9.99. The summed E-state index contributed by atoms with van der Waals surface area (Å²) in [5.74, 6) is 0.702. The first-order valence-electron chi connectivity index (χ1n) is 6.98. The second-order valence-electron chi connectivity index (χ2n) is 5.09. The van der Waals surface area contributed by atoms with E-state index in [9.17, 15) is 0 Å². The van der Waals surface area contributed by atoms with Crippen LogP contribution in [0.15, 0.2) is 18.2 Å². The zero-order valence-corrected chi connectivity index (χ0v) is 11.6. The van der Waals surface area contributed by atoms with Gasteiger partial charge >= 0.3 is 0 Å². The molecule has 0 unspecified atom stereocenters. The van der Waals surface area contributed by atoms with Crippen LogP contribution in [-0.2, 0) is 12.8 Å². The van der Waals surface area contributed by atoms with E-state index in [1.807, 2.05) is 0 Å². The van der Waals surface area contributed by atoms with Crippen molar-refractivity contribution in [2.24, 2.45) is 0 Å². The highest BCUT2D eigenvalue weighted by Crippen LogP contribution is 2.33. The molecule has 0 amide bonds. The van der Waals surface area contributed by atoms with Crippen molar-refractivity contribution >= 4 is 17.5 Å². The third-order valence-electron chi connectivity index (χ3n) is 3.62. The maximum atomic E-state index is 6.08. The number of nitrogens with one attached hydrogen (secondary N) is 1. The molecule has 2 heterocycles. The standard InChI is InChI=1S/C15H19N5/c1-2-3-11-13(14(16)20-15(17)19-11)10-5-4-9-6-7-18-12(9)8-10/h4-5,8,18H,2-3,6-7H2,1H3,(H4,16,17,19,20). The minimum atomic E-state index is 0.244. The minimum Gasteiger partial charge on any atom is -0.384 e. The Balaban J connectivity index is 2.13. The molecule has 0 aliphatic carbocycles. The molecule has 5 nitrogen and oxygen atoms in total. The van der Waals surface area contributed by atoms with E-state index in [2.05, 4.69) is 40.4 Å². The van der Waals surface area contributed by atoms with Gasteiger partial charge in [-0.2, -0.15) is 4.98 Å². The Morgan fingerprint density at radius 3 is 2.90 bits per heavy atom. The van der Waals surface area contributed by atoms with Crippen molar-refractivity contribution in [2.75, 3.05) is 23.3 Å². The summed E-state index contributed by atoms with van der Waals surface area (Å²) < 4.78 is 0. The first-order chi connectivity index (χ1) is 9.69. The van der Waals surface area contributed by atoms with E-state index >= 15 is 0 Å². The van der Waals surface area contributed by atoms with Gasteiger partial charge in [-0.25, -0.2) is 4.98 Å². The average molecular weight is 269 g/mol. The van der Waals surface area contributed by atoms with Crippen molar-refractivity contribution in [3.63, 3.8) is 0 Å². The number of benzene rings is 1. The number of fused-ring (bicyclic) bond motifs is 1. The van der Waals surface area contributed by atoms with E-state index in [-0.39, 0.29) is 5.95 Å². The summed E-state index contributed by atoms with van der Waals surface area (Å²) in [7, 11) is 0. The normalized spacial score (nSPS) is 13.1. The molecule has 0 radical (unpaired) electrons. The largest absolute Gasteiger partial charge is 0.384 e. The Labute approximate surface area is 118 Å². The molecule has 1 aliphatic heterocycles. The smallest absolute Gasteiger partial charge is 0.222 e. The summed E-state index contributed by atoms with van der Waals surface area (Å²) in [5, 5.41) is 3.39. The number of nitrogens with two attached hydrogens (primary N) is 2. The van der Waals surface area contributed by atoms with E-state index in [1.165, 1.54) is 11.3 Å². The van der Waals surface area contributed by atoms with Crippen LogP contribution in [0.1, 0.15) is 24.6 Å². The van der Waals surface area contributed by atoms with Crippen molar-refractivity contribution in [3.8, 4) is 11.1 Å². The summed E-state index contributed by atoms with van der Waals surface area (Å²) in [4.78, 5) is 8.47. The van der Waals surface area contributed by atoms with Gasteiger partial charge in [-0.1, -0.05) is 25.5 Å². The Hall–Kier alpha value is -2.30. The van der Waals surface area contributed by atoms with Crippen molar-refractivity contribution in [1.82, 2.24) is 9.97 Å². The van der Waals surface area contributed by atoms with Gasteiger partial charge in [-0.15, -0.1) is 0 Å². The molecule has 0 saturated heterocycles. The molecule has 0 spiro atoms. The number of nitrogens with zero attached hydrogens (tertiary/aromatic N) is 2. The summed E-state index contributed by atoms with van der Waals surface area (Å²) in [5.41, 5.74) is 17.2. The van der Waals surface area contributed by atoms with Crippen molar-refractivity contribution in [2.45, 2.75) is 26.2 Å². The predicted octanol–water partition coefficient (Wildman–Crippen LogP) is 2.23. The van der Waals surface area contributed by atoms with Crippen LogP contribution in [0, 0.1) is 0 Å². The highest BCUT2D eigenvalue weighted by molar-refractivity contribution is 5.80. The van der Waals surface area contributed by atoms with E-state index in [0.29, 0.717) is 5.82 Å². The average Bonchev–Trinajstić information content (AvgIpc) is 2.85. The molecule has 104 valence electrons. The van der Waals surface area contributed by atoms with Gasteiger partial charge in [-0.3, -0.25) is 0 Å². The molecule has 5 heteroatoms. The fourth-order valence-electron chi connectivity index (χ4n) is 2.72. The Bertz CT molecular complexity index is 651. The topological polar surface area (TPSA) is 89.8 Å². The van der Waals surface area contributed by atoms with Crippen LogP contribution in [0.5, 0.6) is 0 Å². The first-order valence-corrected chi connectivity index (χ1v) is 6.98. The van der Waals surface area contributed by atoms with Crippen LogP contribution in [0.4, 0.5) is 17.5 Å². The zero-order valence-electron chi connectivity index (χ0n) is 11.6. The van der Waals surface area contributed by atoms with E-state index < -0.39 is 0 Å². The maximum Gasteiger partial charge on any atom is 0.222 e. The molecule has 20 heavy (non-hydrogen) atoms. The van der Waals surface area contributed by atoms with Gasteiger partial charge in [0.1, 0.15) is 5.82 Å². The molecular formula is C15H19N5. The molecule has 1 aromatic heterocycles. The summed E-state index contributed by atoms with van der Waals surface area (Å²) in [6.07, 6.45) is 2.91. The van der Waals surface area contributed by atoms with Crippen molar-refractivity contribution < 1.29 is 0 Å². The molecule has 1 aromatic carbocycles. The molecule has 2 aromatic rings. The number of rotatable bonds is 3. The van der Waals surface area contributed by atoms with Gasteiger partial charge < -0.3 is 16.8 Å². The quantitative estimate of drug-likeness (QED) is 0.795. The molecule has 1 aliphatic rings. The van der Waals surface area contributed by atoms with E-state index in [0.717, 1.165) is 42.6 Å².